The van der Waals surface area contributed by atoms with Crippen molar-refractivity contribution in [1.29, 1.82) is 0 Å². The molecule has 0 aliphatic heterocycles. The first-order valence-corrected chi connectivity index (χ1v) is 8.19. The first-order chi connectivity index (χ1) is 13.0. The number of hydrogen-bond donors (Lipinski definition) is 0. The summed E-state index contributed by atoms with van der Waals surface area (Å²) in [5, 5.41) is 0. The maximum atomic E-state index is 8.25. The molecular formula is C23H26N+. The molecule has 1 nitrogen and oxygen atoms in total. The highest BCUT2D eigenvalue weighted by Crippen LogP contribution is 2.31. The number of aromatic nitrogens is 1. The number of hydrogen-bond acceptors (Lipinski definition) is 0. The molecule has 0 unspecified atom stereocenters. The summed E-state index contributed by atoms with van der Waals surface area (Å²) in [5.41, 5.74) is 5.81. The minimum atomic E-state index is -2.18. The summed E-state index contributed by atoms with van der Waals surface area (Å²) in [4.78, 5) is 0. The van der Waals surface area contributed by atoms with E-state index in [-0.39, 0.29) is 0 Å². The largest absolute Gasteiger partial charge is 0.212 e. The van der Waals surface area contributed by atoms with Gasteiger partial charge in [-0.25, -0.2) is 4.57 Å². The second-order valence-corrected chi connectivity index (χ2v) is 6.49. The normalized spacial score (nSPS) is 14.5. The summed E-state index contributed by atoms with van der Waals surface area (Å²) in [6.07, 6.45) is 1.97. The van der Waals surface area contributed by atoms with Gasteiger partial charge in [0.15, 0.2) is 6.20 Å². The second kappa shape index (κ2) is 6.60. The van der Waals surface area contributed by atoms with E-state index in [0.29, 0.717) is 5.56 Å². The third-order valence-electron chi connectivity index (χ3n) is 4.44. The van der Waals surface area contributed by atoms with Crippen molar-refractivity contribution in [2.45, 2.75) is 33.5 Å². The predicted molar refractivity (Wildman–Crippen MR) is 102 cm³/mol. The fraction of sp³-hybridized carbons (Fsp3) is 0.261. The average molecular weight is 320 g/mol. The molecule has 0 saturated carbocycles. The van der Waals surface area contributed by atoms with Gasteiger partial charge in [0.25, 0.3) is 0 Å². The van der Waals surface area contributed by atoms with Crippen LogP contribution < -0.4 is 4.57 Å². The zero-order valence-corrected chi connectivity index (χ0v) is 14.7. The highest BCUT2D eigenvalue weighted by Gasteiger charge is 2.16. The van der Waals surface area contributed by atoms with Gasteiger partial charge in [-0.1, -0.05) is 50.2 Å². The molecule has 0 spiro atoms. The molecule has 0 bridgehead atoms. The molecule has 122 valence electrons. The molecular weight excluding hydrogens is 290 g/mol. The van der Waals surface area contributed by atoms with Crippen molar-refractivity contribution in [3.8, 4) is 22.4 Å². The molecule has 3 rings (SSSR count). The van der Waals surface area contributed by atoms with Crippen molar-refractivity contribution in [1.82, 2.24) is 0 Å². The van der Waals surface area contributed by atoms with Gasteiger partial charge in [0, 0.05) is 22.7 Å². The number of aryl methyl sites for hydroxylation is 3. The summed E-state index contributed by atoms with van der Waals surface area (Å²) >= 11 is 0. The van der Waals surface area contributed by atoms with Crippen molar-refractivity contribution in [3.63, 3.8) is 0 Å². The highest BCUT2D eigenvalue weighted by atomic mass is 14.9. The minimum Gasteiger partial charge on any atom is -0.201 e. The lowest BCUT2D eigenvalue weighted by atomic mass is 9.93. The molecule has 1 heterocycles. The molecule has 0 saturated heterocycles. The van der Waals surface area contributed by atoms with E-state index in [2.05, 4.69) is 0 Å². The zero-order valence-electron chi connectivity index (χ0n) is 18.7. The molecule has 2 aromatic carbocycles. The molecule has 3 aromatic rings. The maximum Gasteiger partial charge on any atom is 0.212 e. The van der Waals surface area contributed by atoms with Crippen LogP contribution in [-0.4, -0.2) is 0 Å². The third-order valence-corrected chi connectivity index (χ3v) is 4.44. The van der Waals surface area contributed by atoms with Crippen LogP contribution in [0.3, 0.4) is 0 Å². The van der Waals surface area contributed by atoms with Crippen molar-refractivity contribution in [2.24, 2.45) is 7.05 Å². The SMILES string of the molecule is [2H]C([2H])([2H])c1cc(C)c(-c2ccc(C([2H])(C)C)c[n+]2C)cc1-c1ccccc1. The fourth-order valence-corrected chi connectivity index (χ4v) is 3.02. The van der Waals surface area contributed by atoms with E-state index in [0.717, 1.165) is 33.5 Å². The first-order valence-electron chi connectivity index (χ1n) is 10.2. The van der Waals surface area contributed by atoms with Gasteiger partial charge in [-0.3, -0.25) is 0 Å². The predicted octanol–water partition coefficient (Wildman–Crippen LogP) is 5.59. The van der Waals surface area contributed by atoms with E-state index < -0.39 is 12.7 Å². The minimum absolute atomic E-state index is 0.367. The number of rotatable bonds is 3. The smallest absolute Gasteiger partial charge is 0.201 e. The van der Waals surface area contributed by atoms with E-state index in [9.17, 15) is 0 Å². The summed E-state index contributed by atoms with van der Waals surface area (Å²) < 4.78 is 34.2. The molecule has 0 atom stereocenters. The Morgan fingerprint density at radius 3 is 2.33 bits per heavy atom. The highest BCUT2D eigenvalue weighted by molar-refractivity contribution is 5.75. The van der Waals surface area contributed by atoms with Crippen LogP contribution in [0.5, 0.6) is 0 Å². The van der Waals surface area contributed by atoms with Crippen LogP contribution >= 0.6 is 0 Å². The van der Waals surface area contributed by atoms with E-state index in [1.54, 1.807) is 6.07 Å². The Kier molecular flexibility index (Phi) is 3.31. The van der Waals surface area contributed by atoms with Crippen molar-refractivity contribution >= 4 is 0 Å². The van der Waals surface area contributed by atoms with Gasteiger partial charge in [0.05, 0.1) is 0 Å². The molecule has 0 amide bonds. The Labute approximate surface area is 151 Å². The van der Waals surface area contributed by atoms with Gasteiger partial charge >= 0.3 is 0 Å². The molecule has 0 radical (unpaired) electrons. The first kappa shape index (κ1) is 12.0. The fourth-order valence-electron chi connectivity index (χ4n) is 3.02. The Morgan fingerprint density at radius 2 is 1.71 bits per heavy atom. The Balaban J connectivity index is 2.24. The number of benzene rings is 2. The molecule has 1 aromatic heterocycles. The summed E-state index contributed by atoms with van der Waals surface area (Å²) in [6, 6.07) is 17.4. The van der Waals surface area contributed by atoms with Gasteiger partial charge in [-0.15, -0.1) is 0 Å². The molecule has 0 aliphatic rings. The summed E-state index contributed by atoms with van der Waals surface area (Å²) in [7, 11) is 1.96. The van der Waals surface area contributed by atoms with Gasteiger partial charge in [0.2, 0.25) is 5.69 Å². The van der Waals surface area contributed by atoms with E-state index >= 15 is 0 Å². The summed E-state index contributed by atoms with van der Waals surface area (Å²) in [5.74, 6) is -0.675. The van der Waals surface area contributed by atoms with Crippen LogP contribution in [0, 0.1) is 13.8 Å². The monoisotopic (exact) mass is 320 g/mol. The lowest BCUT2D eigenvalue weighted by Gasteiger charge is -2.12. The Bertz CT molecular complexity index is 1000. The van der Waals surface area contributed by atoms with Crippen LogP contribution in [0.4, 0.5) is 0 Å². The van der Waals surface area contributed by atoms with E-state index in [4.69, 9.17) is 5.48 Å². The molecule has 24 heavy (non-hydrogen) atoms. The van der Waals surface area contributed by atoms with Crippen molar-refractivity contribution in [2.75, 3.05) is 0 Å². The number of nitrogens with zero attached hydrogens (tertiary/aromatic N) is 1. The third kappa shape index (κ3) is 3.12. The zero-order chi connectivity index (χ0) is 20.7. The Hall–Kier alpha value is -2.41. The van der Waals surface area contributed by atoms with E-state index in [1.807, 2.05) is 87.1 Å². The molecule has 0 N–H and O–H groups in total. The van der Waals surface area contributed by atoms with Crippen LogP contribution in [-0.2, 0) is 7.05 Å². The van der Waals surface area contributed by atoms with Gasteiger partial charge in [-0.2, -0.15) is 0 Å². The lowest BCUT2D eigenvalue weighted by Crippen LogP contribution is -2.31. The average Bonchev–Trinajstić information content (AvgIpc) is 2.61. The quantitative estimate of drug-likeness (QED) is 0.554. The summed E-state index contributed by atoms with van der Waals surface area (Å²) in [6.45, 7) is 3.50. The van der Waals surface area contributed by atoms with Crippen molar-refractivity contribution < 1.29 is 10.1 Å². The van der Waals surface area contributed by atoms with Crippen LogP contribution in [0.2, 0.25) is 0 Å². The lowest BCUT2D eigenvalue weighted by molar-refractivity contribution is -0.660. The van der Waals surface area contributed by atoms with E-state index in [1.165, 1.54) is 0 Å². The molecule has 1 heteroatoms. The van der Waals surface area contributed by atoms with Crippen LogP contribution in [0.1, 0.15) is 41.9 Å². The van der Waals surface area contributed by atoms with Crippen molar-refractivity contribution in [3.05, 3.63) is 77.5 Å². The van der Waals surface area contributed by atoms with Gasteiger partial charge < -0.3 is 0 Å². The van der Waals surface area contributed by atoms with Gasteiger partial charge in [0.1, 0.15) is 7.05 Å². The number of pyridine rings is 1. The van der Waals surface area contributed by atoms with Crippen LogP contribution in [0.15, 0.2) is 60.8 Å². The Morgan fingerprint density at radius 1 is 0.958 bits per heavy atom. The van der Waals surface area contributed by atoms with Gasteiger partial charge in [-0.05, 0) is 54.1 Å². The topological polar surface area (TPSA) is 3.88 Å². The second-order valence-electron chi connectivity index (χ2n) is 6.49. The van der Waals surface area contributed by atoms with Crippen LogP contribution in [0.25, 0.3) is 22.4 Å². The standard InChI is InChI=1S/C23H26N/c1-16(2)20-11-12-23(24(5)15-20)22-14-21(17(3)13-18(22)4)19-9-7-6-8-10-19/h6-16H,1-5H3/q+1/i3D3,16D. The molecule has 0 aliphatic carbocycles. The maximum absolute atomic E-state index is 8.25. The molecule has 0 fully saturated rings.